The van der Waals surface area contributed by atoms with Crippen LogP contribution in [-0.4, -0.2) is 55.5 Å². The van der Waals surface area contributed by atoms with Crippen molar-refractivity contribution < 1.29 is 23.8 Å². The van der Waals surface area contributed by atoms with Crippen molar-refractivity contribution in [2.75, 3.05) is 26.4 Å². The van der Waals surface area contributed by atoms with Crippen molar-refractivity contribution in [1.29, 1.82) is 0 Å². The summed E-state index contributed by atoms with van der Waals surface area (Å²) in [4.78, 5) is 26.8. The molecule has 172 valence electrons. The molecule has 0 radical (unpaired) electrons. The van der Waals surface area contributed by atoms with Gasteiger partial charge in [0.1, 0.15) is 6.61 Å². The third kappa shape index (κ3) is 4.27. The van der Waals surface area contributed by atoms with Gasteiger partial charge in [-0.1, -0.05) is 60.2 Å². The number of benzene rings is 2. The van der Waals surface area contributed by atoms with Crippen molar-refractivity contribution in [2.45, 2.75) is 44.2 Å². The van der Waals surface area contributed by atoms with Crippen LogP contribution >= 0.6 is 0 Å². The topological polar surface area (TPSA) is 65.1 Å². The van der Waals surface area contributed by atoms with E-state index in [4.69, 9.17) is 14.2 Å². The van der Waals surface area contributed by atoms with Gasteiger partial charge in [0.05, 0.1) is 38.3 Å². The largest absolute Gasteiger partial charge is 0.466 e. The van der Waals surface area contributed by atoms with E-state index in [1.807, 2.05) is 35.2 Å². The molecule has 2 bridgehead atoms. The summed E-state index contributed by atoms with van der Waals surface area (Å²) in [6, 6.07) is 16.5. The van der Waals surface area contributed by atoms with Gasteiger partial charge in [0.15, 0.2) is 0 Å². The summed E-state index contributed by atoms with van der Waals surface area (Å²) in [5.41, 5.74) is 6.03. The fourth-order valence-electron chi connectivity index (χ4n) is 5.38. The van der Waals surface area contributed by atoms with Crippen molar-refractivity contribution in [1.82, 2.24) is 4.90 Å². The summed E-state index contributed by atoms with van der Waals surface area (Å²) in [7, 11) is 0. The van der Waals surface area contributed by atoms with Gasteiger partial charge in [0.2, 0.25) is 0 Å². The SMILES string of the molecule is CCOC(=O)CC=C1CC2COCC(C1)N2C(=O)OCC1c2ccccc2-c2ccccc21. The minimum atomic E-state index is -0.278. The fraction of sp³-hybridized carbons (Fsp3) is 0.407. The molecule has 33 heavy (non-hydrogen) atoms. The van der Waals surface area contributed by atoms with Crippen LogP contribution in [0.1, 0.15) is 43.2 Å². The molecule has 1 amide bonds. The highest BCUT2D eigenvalue weighted by atomic mass is 16.6. The van der Waals surface area contributed by atoms with E-state index in [0.717, 1.165) is 0 Å². The Labute approximate surface area is 194 Å². The van der Waals surface area contributed by atoms with Gasteiger partial charge in [-0.3, -0.25) is 9.69 Å². The van der Waals surface area contributed by atoms with Crippen molar-refractivity contribution >= 4 is 12.1 Å². The predicted molar refractivity (Wildman–Crippen MR) is 124 cm³/mol. The van der Waals surface area contributed by atoms with Gasteiger partial charge < -0.3 is 14.2 Å². The van der Waals surface area contributed by atoms with Gasteiger partial charge >= 0.3 is 12.1 Å². The number of nitrogens with zero attached hydrogens (tertiary/aromatic N) is 1. The number of fused-ring (bicyclic) bond motifs is 5. The van der Waals surface area contributed by atoms with Gasteiger partial charge in [0, 0.05) is 5.92 Å². The Hall–Kier alpha value is -3.12. The van der Waals surface area contributed by atoms with Crippen LogP contribution in [0, 0.1) is 0 Å². The summed E-state index contributed by atoms with van der Waals surface area (Å²) in [5.74, 6) is -0.173. The van der Waals surface area contributed by atoms with Crippen LogP contribution in [0.3, 0.4) is 0 Å². The Morgan fingerprint density at radius 2 is 1.58 bits per heavy atom. The minimum Gasteiger partial charge on any atom is -0.466 e. The van der Waals surface area contributed by atoms with E-state index in [-0.39, 0.29) is 36.5 Å². The zero-order valence-corrected chi connectivity index (χ0v) is 18.9. The number of hydrogen-bond acceptors (Lipinski definition) is 5. The van der Waals surface area contributed by atoms with Crippen LogP contribution in [0.2, 0.25) is 0 Å². The van der Waals surface area contributed by atoms with E-state index in [2.05, 4.69) is 24.3 Å². The van der Waals surface area contributed by atoms with Crippen molar-refractivity contribution in [3.05, 3.63) is 71.3 Å². The zero-order chi connectivity index (χ0) is 22.8. The number of piperidine rings is 1. The van der Waals surface area contributed by atoms with Crippen molar-refractivity contribution in [2.24, 2.45) is 0 Å². The standard InChI is InChI=1S/C27H29NO5/c1-2-32-26(29)12-11-18-13-19-15-31-16-20(14-18)28(19)27(30)33-17-25-23-9-5-3-7-21(23)22-8-4-6-10-24(22)25/h3-11,19-20,25H,2,12-17H2,1H3. The molecule has 1 aliphatic carbocycles. The molecule has 0 saturated carbocycles. The van der Waals surface area contributed by atoms with E-state index in [0.29, 0.717) is 39.3 Å². The quantitative estimate of drug-likeness (QED) is 0.492. The average molecular weight is 448 g/mol. The molecular formula is C27H29NO5. The number of esters is 1. The lowest BCUT2D eigenvalue weighted by Gasteiger charge is -2.45. The molecule has 2 aromatic rings. The maximum absolute atomic E-state index is 13.2. The van der Waals surface area contributed by atoms with E-state index in [9.17, 15) is 9.59 Å². The second kappa shape index (κ2) is 9.40. The molecule has 0 aromatic heterocycles. The maximum atomic E-state index is 13.2. The van der Waals surface area contributed by atoms with Gasteiger partial charge in [-0.2, -0.15) is 0 Å². The molecule has 2 unspecified atom stereocenters. The van der Waals surface area contributed by atoms with Crippen molar-refractivity contribution in [3.8, 4) is 11.1 Å². The highest BCUT2D eigenvalue weighted by Gasteiger charge is 2.41. The molecule has 2 fully saturated rings. The van der Waals surface area contributed by atoms with Crippen LogP contribution in [-0.2, 0) is 19.0 Å². The molecule has 6 heteroatoms. The second-order valence-electron chi connectivity index (χ2n) is 8.84. The monoisotopic (exact) mass is 447 g/mol. The van der Waals surface area contributed by atoms with Crippen LogP contribution in [0.4, 0.5) is 4.79 Å². The highest BCUT2D eigenvalue weighted by molar-refractivity contribution is 5.79. The second-order valence-corrected chi connectivity index (χ2v) is 8.84. The number of amides is 1. The summed E-state index contributed by atoms with van der Waals surface area (Å²) in [6.07, 6.45) is 3.34. The Morgan fingerprint density at radius 1 is 0.970 bits per heavy atom. The highest BCUT2D eigenvalue weighted by Crippen LogP contribution is 2.44. The summed E-state index contributed by atoms with van der Waals surface area (Å²) >= 11 is 0. The lowest BCUT2D eigenvalue weighted by atomic mass is 9.89. The first-order valence-electron chi connectivity index (χ1n) is 11.7. The van der Waals surface area contributed by atoms with E-state index in [1.165, 1.54) is 27.8 Å². The molecule has 3 aliphatic rings. The molecule has 2 aliphatic heterocycles. The summed E-state index contributed by atoms with van der Waals surface area (Å²) in [5, 5.41) is 0. The van der Waals surface area contributed by atoms with Crippen LogP contribution in [0.25, 0.3) is 11.1 Å². The van der Waals surface area contributed by atoms with Gasteiger partial charge in [-0.25, -0.2) is 4.79 Å². The Morgan fingerprint density at radius 3 is 2.18 bits per heavy atom. The van der Waals surface area contributed by atoms with E-state index < -0.39 is 0 Å². The minimum absolute atomic E-state index is 0.0438. The summed E-state index contributed by atoms with van der Waals surface area (Å²) < 4.78 is 16.7. The number of carbonyl (C=O) groups excluding carboxylic acids is 2. The molecular weight excluding hydrogens is 418 g/mol. The van der Waals surface area contributed by atoms with Gasteiger partial charge in [-0.15, -0.1) is 0 Å². The zero-order valence-electron chi connectivity index (χ0n) is 18.9. The molecule has 0 spiro atoms. The molecule has 6 nitrogen and oxygen atoms in total. The smallest absolute Gasteiger partial charge is 0.410 e. The predicted octanol–water partition coefficient (Wildman–Crippen LogP) is 4.68. The Balaban J connectivity index is 1.26. The molecule has 2 aromatic carbocycles. The van der Waals surface area contributed by atoms with E-state index in [1.54, 1.807) is 6.92 Å². The molecule has 2 saturated heterocycles. The molecule has 5 rings (SSSR count). The Bertz CT molecular complexity index is 1020. The molecule has 2 atom stereocenters. The van der Waals surface area contributed by atoms with Crippen LogP contribution < -0.4 is 0 Å². The maximum Gasteiger partial charge on any atom is 0.410 e. The average Bonchev–Trinajstić information content (AvgIpc) is 3.14. The molecule has 0 N–H and O–H groups in total. The first-order chi connectivity index (χ1) is 16.2. The number of ether oxygens (including phenoxy) is 3. The van der Waals surface area contributed by atoms with Gasteiger partial charge in [-0.05, 0) is 42.0 Å². The number of hydrogen-bond donors (Lipinski definition) is 0. The third-order valence-corrected chi connectivity index (χ3v) is 6.81. The first kappa shape index (κ1) is 21.7. The van der Waals surface area contributed by atoms with Crippen LogP contribution in [0.15, 0.2) is 60.2 Å². The number of rotatable bonds is 5. The van der Waals surface area contributed by atoms with Crippen LogP contribution in [0.5, 0.6) is 0 Å². The van der Waals surface area contributed by atoms with Gasteiger partial charge in [0.25, 0.3) is 0 Å². The lowest BCUT2D eigenvalue weighted by molar-refractivity contribution is -0.142. The Kier molecular flexibility index (Phi) is 6.18. The summed E-state index contributed by atoms with van der Waals surface area (Å²) in [6.45, 7) is 3.47. The third-order valence-electron chi connectivity index (χ3n) is 6.81. The van der Waals surface area contributed by atoms with Crippen molar-refractivity contribution in [3.63, 3.8) is 0 Å². The van der Waals surface area contributed by atoms with E-state index >= 15 is 0 Å². The first-order valence-corrected chi connectivity index (χ1v) is 11.7. The normalized spacial score (nSPS) is 21.2. The fourth-order valence-corrected chi connectivity index (χ4v) is 5.38. The molecule has 2 heterocycles. The number of carbonyl (C=O) groups is 2. The lowest BCUT2D eigenvalue weighted by Crippen LogP contribution is -2.58. The number of morpholine rings is 1.